The molecule has 0 unspecified atom stereocenters. The van der Waals surface area contributed by atoms with Gasteiger partial charge in [-0.3, -0.25) is 4.79 Å². The molecule has 0 fully saturated rings. The van der Waals surface area contributed by atoms with Crippen LogP contribution in [-0.2, 0) is 4.79 Å². The van der Waals surface area contributed by atoms with Crippen molar-refractivity contribution in [1.82, 2.24) is 5.32 Å². The number of halogens is 1. The minimum atomic E-state index is -0.529. The van der Waals surface area contributed by atoms with E-state index in [9.17, 15) is 9.90 Å². The van der Waals surface area contributed by atoms with Crippen LogP contribution in [0, 0.1) is 0 Å². The largest absolute Gasteiger partial charge is 0.391 e. The highest BCUT2D eigenvalue weighted by Gasteiger charge is 2.10. The van der Waals surface area contributed by atoms with Crippen molar-refractivity contribution in [2.75, 3.05) is 6.54 Å². The Hall–Kier alpha value is -0.280. The first kappa shape index (κ1) is 11.7. The van der Waals surface area contributed by atoms with Gasteiger partial charge in [0.05, 0.1) is 6.10 Å². The summed E-state index contributed by atoms with van der Waals surface area (Å²) in [4.78, 5) is 10.9. The van der Waals surface area contributed by atoms with Crippen LogP contribution in [0.4, 0.5) is 0 Å². The van der Waals surface area contributed by atoms with Gasteiger partial charge in [0.2, 0.25) is 5.91 Å². The summed E-state index contributed by atoms with van der Waals surface area (Å²) in [7, 11) is 0. The van der Waals surface area contributed by atoms with Gasteiger partial charge >= 0.3 is 0 Å². The zero-order valence-electron chi connectivity index (χ0n) is 7.51. The predicted molar refractivity (Wildman–Crippen MR) is 49.2 cm³/mol. The fraction of sp³-hybridized carbons (Fsp3) is 0.875. The second-order valence-electron chi connectivity index (χ2n) is 2.80. The molecule has 4 heteroatoms. The maximum atomic E-state index is 10.9. The van der Waals surface area contributed by atoms with Crippen molar-refractivity contribution in [2.45, 2.75) is 38.2 Å². The lowest BCUT2D eigenvalue weighted by Gasteiger charge is -2.11. The highest BCUT2D eigenvalue weighted by atomic mass is 35.5. The average molecular weight is 194 g/mol. The molecule has 0 aliphatic heterocycles. The Morgan fingerprint density at radius 2 is 2.25 bits per heavy atom. The van der Waals surface area contributed by atoms with Crippen LogP contribution in [0.3, 0.4) is 0 Å². The molecule has 0 aliphatic rings. The molecule has 0 saturated carbocycles. The van der Waals surface area contributed by atoms with Crippen molar-refractivity contribution in [3.05, 3.63) is 0 Å². The van der Waals surface area contributed by atoms with Crippen molar-refractivity contribution in [3.8, 4) is 0 Å². The smallest absolute Gasteiger partial charge is 0.237 e. The van der Waals surface area contributed by atoms with Crippen LogP contribution >= 0.6 is 11.6 Å². The molecule has 0 aromatic heterocycles. The molecule has 2 N–H and O–H groups in total. The van der Waals surface area contributed by atoms with E-state index in [0.717, 1.165) is 6.42 Å². The highest BCUT2D eigenvalue weighted by Crippen LogP contribution is 1.96. The molecule has 2 atom stereocenters. The lowest BCUT2D eigenvalue weighted by atomic mass is 10.2. The number of alkyl halides is 1. The van der Waals surface area contributed by atoms with Crippen molar-refractivity contribution in [2.24, 2.45) is 0 Å². The third-order valence-corrected chi connectivity index (χ3v) is 1.69. The van der Waals surface area contributed by atoms with Crippen molar-refractivity contribution >= 4 is 17.5 Å². The van der Waals surface area contributed by atoms with Crippen LogP contribution < -0.4 is 5.32 Å². The van der Waals surface area contributed by atoms with Gasteiger partial charge in [-0.1, -0.05) is 13.3 Å². The monoisotopic (exact) mass is 193 g/mol. The number of carbonyl (C=O) groups excluding carboxylic acids is 1. The van der Waals surface area contributed by atoms with Crippen LogP contribution in [0.2, 0.25) is 0 Å². The van der Waals surface area contributed by atoms with E-state index < -0.39 is 11.5 Å². The fourth-order valence-corrected chi connectivity index (χ4v) is 0.871. The molecule has 72 valence electrons. The van der Waals surface area contributed by atoms with E-state index in [1.807, 2.05) is 6.92 Å². The van der Waals surface area contributed by atoms with Gasteiger partial charge < -0.3 is 10.4 Å². The number of rotatable bonds is 5. The van der Waals surface area contributed by atoms with Gasteiger partial charge in [-0.15, -0.1) is 11.6 Å². The minimum absolute atomic E-state index is 0.230. The maximum absolute atomic E-state index is 10.9. The zero-order valence-corrected chi connectivity index (χ0v) is 8.27. The fourth-order valence-electron chi connectivity index (χ4n) is 0.794. The first-order valence-electron chi connectivity index (χ1n) is 4.17. The summed E-state index contributed by atoms with van der Waals surface area (Å²) in [6.07, 6.45) is 1.17. The van der Waals surface area contributed by atoms with Crippen LogP contribution in [0.15, 0.2) is 0 Å². The molecule has 0 saturated heterocycles. The lowest BCUT2D eigenvalue weighted by Crippen LogP contribution is -2.35. The van der Waals surface area contributed by atoms with E-state index in [-0.39, 0.29) is 5.91 Å². The van der Waals surface area contributed by atoms with Gasteiger partial charge in [-0.05, 0) is 13.3 Å². The standard InChI is InChI=1S/C8H16ClNO2/c1-3-4-7(11)5-10-8(12)6(2)9/h6-7,11H,3-5H2,1-2H3,(H,10,12)/t6-,7-/m0/s1. The summed E-state index contributed by atoms with van der Waals surface area (Å²) in [5, 5.41) is 11.2. The van der Waals surface area contributed by atoms with Gasteiger partial charge in [0.25, 0.3) is 0 Å². The Morgan fingerprint density at radius 3 is 2.67 bits per heavy atom. The number of amides is 1. The summed E-state index contributed by atoms with van der Waals surface area (Å²) >= 11 is 5.50. The highest BCUT2D eigenvalue weighted by molar-refractivity contribution is 6.30. The molecule has 12 heavy (non-hydrogen) atoms. The normalized spacial score (nSPS) is 15.3. The molecule has 3 nitrogen and oxygen atoms in total. The second-order valence-corrected chi connectivity index (χ2v) is 3.46. The van der Waals surface area contributed by atoms with E-state index in [4.69, 9.17) is 11.6 Å². The van der Waals surface area contributed by atoms with Crippen molar-refractivity contribution < 1.29 is 9.90 Å². The molecule has 0 aliphatic carbocycles. The topological polar surface area (TPSA) is 49.3 Å². The molecule has 0 radical (unpaired) electrons. The van der Waals surface area contributed by atoms with Gasteiger partial charge in [0.1, 0.15) is 5.38 Å². The average Bonchev–Trinajstić information content (AvgIpc) is 2.00. The third kappa shape index (κ3) is 5.38. The molecule has 0 rings (SSSR count). The number of nitrogens with one attached hydrogen (secondary N) is 1. The number of aliphatic hydroxyl groups is 1. The molecule has 0 aromatic carbocycles. The maximum Gasteiger partial charge on any atom is 0.237 e. The van der Waals surface area contributed by atoms with E-state index in [2.05, 4.69) is 5.32 Å². The van der Waals surface area contributed by atoms with Gasteiger partial charge in [0, 0.05) is 6.54 Å². The summed E-state index contributed by atoms with van der Waals surface area (Å²) < 4.78 is 0. The molecule has 0 spiro atoms. The quantitative estimate of drug-likeness (QED) is 0.638. The van der Waals surface area contributed by atoms with Crippen molar-refractivity contribution in [3.63, 3.8) is 0 Å². The Morgan fingerprint density at radius 1 is 1.67 bits per heavy atom. The second kappa shape index (κ2) is 6.26. The van der Waals surface area contributed by atoms with Crippen LogP contribution in [0.25, 0.3) is 0 Å². The SMILES string of the molecule is CCC[C@H](O)CNC(=O)[C@H](C)Cl. The predicted octanol–water partition coefficient (Wildman–Crippen LogP) is 0.891. The van der Waals surface area contributed by atoms with Gasteiger partial charge in [-0.2, -0.15) is 0 Å². The number of hydrogen-bond acceptors (Lipinski definition) is 2. The lowest BCUT2D eigenvalue weighted by molar-refractivity contribution is -0.120. The van der Waals surface area contributed by atoms with Crippen molar-refractivity contribution in [1.29, 1.82) is 0 Å². The number of aliphatic hydroxyl groups excluding tert-OH is 1. The number of carbonyl (C=O) groups is 1. The Labute approximate surface area is 78.1 Å². The van der Waals surface area contributed by atoms with E-state index in [1.165, 1.54) is 0 Å². The molecule has 0 bridgehead atoms. The summed E-state index contributed by atoms with van der Waals surface area (Å²) in [6.45, 7) is 3.88. The number of hydrogen-bond donors (Lipinski definition) is 2. The molecule has 0 aromatic rings. The Kier molecular flexibility index (Phi) is 6.11. The van der Waals surface area contributed by atoms with E-state index in [1.54, 1.807) is 6.92 Å². The first-order valence-corrected chi connectivity index (χ1v) is 4.61. The first-order chi connectivity index (χ1) is 5.57. The molecule has 0 heterocycles. The Bertz CT molecular complexity index is 139. The van der Waals surface area contributed by atoms with E-state index in [0.29, 0.717) is 13.0 Å². The van der Waals surface area contributed by atoms with Crippen LogP contribution in [-0.4, -0.2) is 29.0 Å². The van der Waals surface area contributed by atoms with Crippen LogP contribution in [0.1, 0.15) is 26.7 Å². The third-order valence-electron chi connectivity index (χ3n) is 1.50. The summed E-state index contributed by atoms with van der Waals surface area (Å²) in [5.41, 5.74) is 0. The Balaban J connectivity index is 3.47. The summed E-state index contributed by atoms with van der Waals surface area (Å²) in [5.74, 6) is -0.230. The molecular formula is C8H16ClNO2. The molecular weight excluding hydrogens is 178 g/mol. The molecule has 1 amide bonds. The van der Waals surface area contributed by atoms with E-state index >= 15 is 0 Å². The zero-order chi connectivity index (χ0) is 9.56. The minimum Gasteiger partial charge on any atom is -0.391 e. The van der Waals surface area contributed by atoms with Crippen LogP contribution in [0.5, 0.6) is 0 Å². The van der Waals surface area contributed by atoms with Gasteiger partial charge in [0.15, 0.2) is 0 Å². The van der Waals surface area contributed by atoms with Gasteiger partial charge in [-0.25, -0.2) is 0 Å². The summed E-state index contributed by atoms with van der Waals surface area (Å²) in [6, 6.07) is 0.